The van der Waals surface area contributed by atoms with Gasteiger partial charge in [-0.2, -0.15) is 16.3 Å². The van der Waals surface area contributed by atoms with Crippen LogP contribution in [0.4, 0.5) is 5.69 Å². The lowest BCUT2D eigenvalue weighted by Gasteiger charge is -2.15. The molecule has 1 amide bonds. The van der Waals surface area contributed by atoms with Gasteiger partial charge in [-0.1, -0.05) is 5.16 Å². The van der Waals surface area contributed by atoms with Gasteiger partial charge in [0.25, 0.3) is 11.8 Å². The van der Waals surface area contributed by atoms with Crippen LogP contribution < -0.4 is 9.64 Å². The van der Waals surface area contributed by atoms with E-state index in [1.165, 1.54) is 17.5 Å². The second-order valence-electron chi connectivity index (χ2n) is 4.75. The summed E-state index contributed by atoms with van der Waals surface area (Å²) in [5.41, 5.74) is 1.34. The lowest BCUT2D eigenvalue weighted by Crippen LogP contribution is -2.25. The molecule has 23 heavy (non-hydrogen) atoms. The molecule has 0 fully saturated rings. The monoisotopic (exact) mass is 330 g/mol. The SMILES string of the molecule is Cc1noc(COc2ccc(C(=O)N(C)c3ccsc3)cn2)n1. The highest BCUT2D eigenvalue weighted by atomic mass is 32.1. The van der Waals surface area contributed by atoms with E-state index in [9.17, 15) is 4.79 Å². The zero-order valence-electron chi connectivity index (χ0n) is 12.6. The first kappa shape index (κ1) is 15.2. The number of anilines is 1. The molecule has 0 bridgehead atoms. The van der Waals surface area contributed by atoms with Gasteiger partial charge in [0.15, 0.2) is 12.4 Å². The van der Waals surface area contributed by atoms with Crippen molar-refractivity contribution in [3.05, 3.63) is 52.4 Å². The third-order valence-corrected chi connectivity index (χ3v) is 3.77. The number of carbonyl (C=O) groups is 1. The highest BCUT2D eigenvalue weighted by molar-refractivity contribution is 7.08. The zero-order chi connectivity index (χ0) is 16.2. The van der Waals surface area contributed by atoms with Gasteiger partial charge >= 0.3 is 0 Å². The second-order valence-corrected chi connectivity index (χ2v) is 5.53. The minimum atomic E-state index is -0.130. The van der Waals surface area contributed by atoms with Crippen molar-refractivity contribution in [1.82, 2.24) is 15.1 Å². The van der Waals surface area contributed by atoms with Crippen molar-refractivity contribution in [3.63, 3.8) is 0 Å². The molecule has 118 valence electrons. The van der Waals surface area contributed by atoms with E-state index in [0.717, 1.165) is 5.69 Å². The summed E-state index contributed by atoms with van der Waals surface area (Å²) in [4.78, 5) is 22.1. The number of carbonyl (C=O) groups excluding carboxylic acids is 1. The summed E-state index contributed by atoms with van der Waals surface area (Å²) >= 11 is 1.54. The largest absolute Gasteiger partial charge is 0.468 e. The maximum absolute atomic E-state index is 12.4. The Hall–Kier alpha value is -2.74. The van der Waals surface area contributed by atoms with Crippen molar-refractivity contribution >= 4 is 22.9 Å². The molecule has 0 aromatic carbocycles. The van der Waals surface area contributed by atoms with E-state index in [4.69, 9.17) is 9.26 Å². The molecule has 3 rings (SSSR count). The van der Waals surface area contributed by atoms with Crippen LogP contribution in [0.15, 0.2) is 39.7 Å². The fraction of sp³-hybridized carbons (Fsp3) is 0.200. The number of hydrogen-bond acceptors (Lipinski definition) is 7. The average Bonchev–Trinajstić information content (AvgIpc) is 3.24. The molecule has 0 aliphatic heterocycles. The lowest BCUT2D eigenvalue weighted by atomic mass is 10.2. The first-order valence-electron chi connectivity index (χ1n) is 6.82. The van der Waals surface area contributed by atoms with Crippen molar-refractivity contribution in [2.45, 2.75) is 13.5 Å². The van der Waals surface area contributed by atoms with E-state index in [0.29, 0.717) is 23.2 Å². The van der Waals surface area contributed by atoms with Crippen molar-refractivity contribution < 1.29 is 14.1 Å². The number of ether oxygens (including phenoxy) is 1. The van der Waals surface area contributed by atoms with Crippen molar-refractivity contribution in [2.75, 3.05) is 11.9 Å². The number of rotatable bonds is 5. The Balaban J connectivity index is 1.63. The first-order chi connectivity index (χ1) is 11.1. The molecule has 0 aliphatic carbocycles. The van der Waals surface area contributed by atoms with Crippen LogP contribution in [-0.4, -0.2) is 28.1 Å². The topological polar surface area (TPSA) is 81.4 Å². The minimum absolute atomic E-state index is 0.130. The number of aromatic nitrogens is 3. The summed E-state index contributed by atoms with van der Waals surface area (Å²) in [7, 11) is 1.73. The Morgan fingerprint density at radius 2 is 2.26 bits per heavy atom. The molecule has 0 unspecified atom stereocenters. The van der Waals surface area contributed by atoms with Crippen LogP contribution in [0.3, 0.4) is 0 Å². The average molecular weight is 330 g/mol. The van der Waals surface area contributed by atoms with Crippen LogP contribution in [0.2, 0.25) is 0 Å². The Kier molecular flexibility index (Phi) is 4.33. The number of hydrogen-bond donors (Lipinski definition) is 0. The maximum Gasteiger partial charge on any atom is 0.264 e. The van der Waals surface area contributed by atoms with Crippen molar-refractivity contribution in [3.8, 4) is 5.88 Å². The number of thiophene rings is 1. The van der Waals surface area contributed by atoms with Gasteiger partial charge in [0.05, 0.1) is 11.3 Å². The van der Waals surface area contributed by atoms with Gasteiger partial charge in [-0.3, -0.25) is 4.79 Å². The second kappa shape index (κ2) is 6.57. The number of pyridine rings is 1. The van der Waals surface area contributed by atoms with Crippen molar-refractivity contribution in [1.29, 1.82) is 0 Å². The molecule has 8 heteroatoms. The van der Waals surface area contributed by atoms with Gasteiger partial charge in [0.1, 0.15) is 0 Å². The van der Waals surface area contributed by atoms with Crippen LogP contribution in [0.5, 0.6) is 5.88 Å². The summed E-state index contributed by atoms with van der Waals surface area (Å²) in [6, 6.07) is 5.20. The molecule has 3 aromatic heterocycles. The molecular weight excluding hydrogens is 316 g/mol. The number of nitrogens with zero attached hydrogens (tertiary/aromatic N) is 4. The van der Waals surface area contributed by atoms with Gasteiger partial charge < -0.3 is 14.2 Å². The maximum atomic E-state index is 12.4. The van der Waals surface area contributed by atoms with Crippen LogP contribution in [0.25, 0.3) is 0 Å². The summed E-state index contributed by atoms with van der Waals surface area (Å²) in [6.07, 6.45) is 1.49. The zero-order valence-corrected chi connectivity index (χ0v) is 13.4. The van der Waals surface area contributed by atoms with Gasteiger partial charge in [0, 0.05) is 24.7 Å². The van der Waals surface area contributed by atoms with E-state index in [-0.39, 0.29) is 12.5 Å². The number of amides is 1. The van der Waals surface area contributed by atoms with Crippen LogP contribution in [-0.2, 0) is 6.61 Å². The summed E-state index contributed by atoms with van der Waals surface area (Å²) in [6.45, 7) is 1.87. The molecular formula is C15H14N4O3S. The van der Waals surface area contributed by atoms with E-state index >= 15 is 0 Å². The third-order valence-electron chi connectivity index (χ3n) is 3.09. The van der Waals surface area contributed by atoms with Gasteiger partial charge in [0.2, 0.25) is 5.88 Å². The fourth-order valence-electron chi connectivity index (χ4n) is 1.89. The quantitative estimate of drug-likeness (QED) is 0.715. The first-order valence-corrected chi connectivity index (χ1v) is 7.76. The molecule has 0 spiro atoms. The minimum Gasteiger partial charge on any atom is -0.468 e. The summed E-state index contributed by atoms with van der Waals surface area (Å²) in [5.74, 6) is 1.18. The standard InChI is InChI=1S/C15H14N4O3S/c1-10-17-14(22-18-10)8-21-13-4-3-11(7-16-13)15(20)19(2)12-5-6-23-9-12/h3-7,9H,8H2,1-2H3. The molecule has 3 aromatic rings. The summed E-state index contributed by atoms with van der Waals surface area (Å²) in [5, 5.41) is 7.51. The van der Waals surface area contributed by atoms with Crippen LogP contribution in [0.1, 0.15) is 22.1 Å². The molecule has 3 heterocycles. The molecule has 0 saturated carbocycles. The molecule has 7 nitrogen and oxygen atoms in total. The molecule has 0 aliphatic rings. The van der Waals surface area contributed by atoms with E-state index in [2.05, 4.69) is 15.1 Å². The molecule has 0 saturated heterocycles. The van der Waals surface area contributed by atoms with Gasteiger partial charge in [-0.25, -0.2) is 4.98 Å². The van der Waals surface area contributed by atoms with E-state index in [1.807, 2.05) is 16.8 Å². The van der Waals surface area contributed by atoms with Gasteiger partial charge in [-0.05, 0) is 24.4 Å². The Labute approximate surface area is 136 Å². The predicted molar refractivity (Wildman–Crippen MR) is 84.7 cm³/mol. The van der Waals surface area contributed by atoms with Gasteiger partial charge in [-0.15, -0.1) is 0 Å². The lowest BCUT2D eigenvalue weighted by molar-refractivity contribution is 0.0992. The Bertz CT molecular complexity index is 783. The third kappa shape index (κ3) is 3.54. The highest BCUT2D eigenvalue weighted by Gasteiger charge is 2.14. The number of aryl methyl sites for hydroxylation is 1. The fourth-order valence-corrected chi connectivity index (χ4v) is 2.56. The molecule has 0 radical (unpaired) electrons. The summed E-state index contributed by atoms with van der Waals surface area (Å²) < 4.78 is 10.4. The smallest absolute Gasteiger partial charge is 0.264 e. The van der Waals surface area contributed by atoms with E-state index < -0.39 is 0 Å². The predicted octanol–water partition coefficient (Wildman–Crippen LogP) is 2.69. The Morgan fingerprint density at radius 1 is 1.39 bits per heavy atom. The van der Waals surface area contributed by atoms with Crippen molar-refractivity contribution in [2.24, 2.45) is 0 Å². The van der Waals surface area contributed by atoms with Crippen LogP contribution >= 0.6 is 11.3 Å². The molecule has 0 N–H and O–H groups in total. The van der Waals surface area contributed by atoms with E-state index in [1.54, 1.807) is 31.0 Å². The highest BCUT2D eigenvalue weighted by Crippen LogP contribution is 2.19. The molecule has 0 atom stereocenters. The van der Waals surface area contributed by atoms with Crippen LogP contribution in [0, 0.1) is 6.92 Å². The normalized spacial score (nSPS) is 10.5. The Morgan fingerprint density at radius 3 is 2.87 bits per heavy atom.